The Bertz CT molecular complexity index is 1440. The molecular formula is C35H51F2N7O6. The van der Waals surface area contributed by atoms with Gasteiger partial charge in [0.05, 0.1) is 6.04 Å². The van der Waals surface area contributed by atoms with E-state index >= 15 is 8.78 Å². The first-order valence-electron chi connectivity index (χ1n) is 18.1. The van der Waals surface area contributed by atoms with Crippen molar-refractivity contribution in [3.63, 3.8) is 0 Å². The fraction of sp³-hybridized carbons (Fsp3) is 0.743. The minimum absolute atomic E-state index is 0.0107. The van der Waals surface area contributed by atoms with E-state index in [4.69, 9.17) is 0 Å². The van der Waals surface area contributed by atoms with Crippen LogP contribution in [0.15, 0.2) is 12.4 Å². The first-order valence-corrected chi connectivity index (χ1v) is 18.1. The zero-order valence-corrected chi connectivity index (χ0v) is 29.4. The van der Waals surface area contributed by atoms with E-state index in [2.05, 4.69) is 31.2 Å². The fourth-order valence-electron chi connectivity index (χ4n) is 7.79. The lowest BCUT2D eigenvalue weighted by molar-refractivity contribution is -0.146. The summed E-state index contributed by atoms with van der Waals surface area (Å²) in [5.41, 5.74) is -0.933. The molecule has 5 N–H and O–H groups in total. The van der Waals surface area contributed by atoms with E-state index in [1.807, 2.05) is 0 Å². The molecule has 50 heavy (non-hydrogen) atoms. The van der Waals surface area contributed by atoms with Crippen LogP contribution in [-0.2, 0) is 24.0 Å². The number of aromatic nitrogens is 2. The van der Waals surface area contributed by atoms with Crippen LogP contribution in [0.25, 0.3) is 0 Å². The standard InChI is InChI=1S/C35H51F2N7O6/c1-5-9-23(26(45)31(48)40-20-12-13-20)41-30(47)25-21-14-15-35(36,37)22(21)18-44(25)33(50)27(34(2,3)4)43-29(46)24(19-10-7-6-8-11-19)42-32(49)28-38-16-17-39-28/h16-17,19-25,27H,5-15,18H2,1-4H3,(H,38,39)(H,40,48)(H,41,47)(H,42,49)(H,43,46)/t21-,22-,23+,24+,25-,27+/m0/s1. The molecule has 2 heterocycles. The van der Waals surface area contributed by atoms with Crippen molar-refractivity contribution < 1.29 is 37.5 Å². The molecule has 0 radical (unpaired) electrons. The van der Waals surface area contributed by atoms with Crippen LogP contribution in [0.5, 0.6) is 0 Å². The van der Waals surface area contributed by atoms with Gasteiger partial charge < -0.3 is 31.2 Å². The molecule has 1 saturated heterocycles. The highest BCUT2D eigenvalue weighted by atomic mass is 19.3. The molecule has 3 saturated carbocycles. The van der Waals surface area contributed by atoms with Gasteiger partial charge in [-0.25, -0.2) is 13.8 Å². The van der Waals surface area contributed by atoms with Crippen LogP contribution in [0, 0.1) is 23.2 Å². The maximum absolute atomic E-state index is 15.2. The van der Waals surface area contributed by atoms with Crippen molar-refractivity contribution >= 4 is 35.3 Å². The average Bonchev–Trinajstić information content (AvgIpc) is 3.43. The number of likely N-dealkylation sites (tertiary alicyclic amines) is 1. The Kier molecular flexibility index (Phi) is 11.3. The predicted molar refractivity (Wildman–Crippen MR) is 177 cm³/mol. The molecule has 4 aliphatic rings. The number of carbonyl (C=O) groups is 6. The molecule has 13 nitrogen and oxygen atoms in total. The van der Waals surface area contributed by atoms with E-state index in [1.54, 1.807) is 27.7 Å². The topological polar surface area (TPSA) is 182 Å². The molecule has 6 atom stereocenters. The van der Waals surface area contributed by atoms with Crippen LogP contribution in [0.2, 0.25) is 0 Å². The summed E-state index contributed by atoms with van der Waals surface area (Å²) in [6, 6.07) is -4.84. The summed E-state index contributed by atoms with van der Waals surface area (Å²) in [6.07, 6.45) is 8.73. The number of rotatable bonds is 13. The van der Waals surface area contributed by atoms with Gasteiger partial charge in [-0.1, -0.05) is 53.4 Å². The second kappa shape index (κ2) is 15.1. The molecule has 0 spiro atoms. The van der Waals surface area contributed by atoms with Gasteiger partial charge in [0.2, 0.25) is 23.5 Å². The van der Waals surface area contributed by atoms with Gasteiger partial charge in [0, 0.05) is 37.3 Å². The van der Waals surface area contributed by atoms with Crippen LogP contribution >= 0.6 is 0 Å². The van der Waals surface area contributed by atoms with Crippen LogP contribution in [-0.4, -0.2) is 92.9 Å². The number of fused-ring (bicyclic) bond motifs is 1. The summed E-state index contributed by atoms with van der Waals surface area (Å²) >= 11 is 0. The summed E-state index contributed by atoms with van der Waals surface area (Å²) in [4.78, 5) is 89.2. The van der Waals surface area contributed by atoms with Crippen LogP contribution in [0.1, 0.15) is 109 Å². The van der Waals surface area contributed by atoms with Gasteiger partial charge in [-0.15, -0.1) is 0 Å². The lowest BCUT2D eigenvalue weighted by atomic mass is 9.82. The number of Topliss-reactive ketones (excluding diaryl/α,β-unsaturated/α-hetero) is 1. The summed E-state index contributed by atoms with van der Waals surface area (Å²) in [5.74, 6) is -9.75. The lowest BCUT2D eigenvalue weighted by Crippen LogP contribution is -2.62. The zero-order chi connectivity index (χ0) is 36.4. The minimum atomic E-state index is -3.12. The fourth-order valence-corrected chi connectivity index (χ4v) is 7.79. The molecule has 5 amide bonds. The van der Waals surface area contributed by atoms with Crippen molar-refractivity contribution in [2.45, 2.75) is 134 Å². The molecule has 1 aromatic heterocycles. The molecule has 0 unspecified atom stereocenters. The molecule has 5 rings (SSSR count). The van der Waals surface area contributed by atoms with Crippen molar-refractivity contribution in [2.24, 2.45) is 23.2 Å². The average molecular weight is 704 g/mol. The quantitative estimate of drug-likeness (QED) is 0.196. The Morgan fingerprint density at radius 2 is 1.70 bits per heavy atom. The van der Waals surface area contributed by atoms with Gasteiger partial charge >= 0.3 is 0 Å². The molecule has 0 aromatic carbocycles. The van der Waals surface area contributed by atoms with E-state index in [1.165, 1.54) is 12.4 Å². The van der Waals surface area contributed by atoms with Crippen LogP contribution in [0.3, 0.4) is 0 Å². The molecule has 1 aliphatic heterocycles. The van der Waals surface area contributed by atoms with Crippen molar-refractivity contribution in [2.75, 3.05) is 6.54 Å². The van der Waals surface area contributed by atoms with E-state index in [-0.39, 0.29) is 30.6 Å². The minimum Gasteiger partial charge on any atom is -0.347 e. The van der Waals surface area contributed by atoms with Gasteiger partial charge in [-0.2, -0.15) is 0 Å². The van der Waals surface area contributed by atoms with Gasteiger partial charge in [0.25, 0.3) is 17.7 Å². The molecule has 3 aliphatic carbocycles. The Balaban J connectivity index is 1.39. The van der Waals surface area contributed by atoms with E-state index < -0.39 is 95.6 Å². The Labute approximate surface area is 291 Å². The van der Waals surface area contributed by atoms with Gasteiger partial charge in [0.15, 0.2) is 5.82 Å². The van der Waals surface area contributed by atoms with E-state index in [0.29, 0.717) is 19.3 Å². The summed E-state index contributed by atoms with van der Waals surface area (Å²) in [6.45, 7) is 6.55. The SMILES string of the molecule is CCC[C@@H](NC(=O)[C@@H]1[C@H]2CCC(F)(F)[C@H]2CN1C(=O)[C@@H](NC(=O)[C@H](NC(=O)c1ncc[nH]1)C1CCCCC1)C(C)(C)C)C(=O)C(=O)NC1CC1. The van der Waals surface area contributed by atoms with Gasteiger partial charge in [-0.3, -0.25) is 28.8 Å². The third-order valence-electron chi connectivity index (χ3n) is 10.7. The predicted octanol–water partition coefficient (Wildman–Crippen LogP) is 2.62. The van der Waals surface area contributed by atoms with Crippen LogP contribution < -0.4 is 21.3 Å². The number of halogens is 2. The number of H-pyrrole nitrogens is 1. The third-order valence-corrected chi connectivity index (χ3v) is 10.7. The van der Waals surface area contributed by atoms with E-state index in [0.717, 1.165) is 37.0 Å². The summed E-state index contributed by atoms with van der Waals surface area (Å²) in [5, 5.41) is 10.9. The number of ketones is 1. The number of aromatic amines is 1. The maximum atomic E-state index is 15.2. The van der Waals surface area contributed by atoms with Gasteiger partial charge in [0.1, 0.15) is 18.1 Å². The van der Waals surface area contributed by atoms with Crippen molar-refractivity contribution in [3.8, 4) is 0 Å². The molecular weight excluding hydrogens is 652 g/mol. The summed E-state index contributed by atoms with van der Waals surface area (Å²) in [7, 11) is 0. The molecule has 276 valence electrons. The highest BCUT2D eigenvalue weighted by Crippen LogP contribution is 2.51. The molecule has 0 bridgehead atoms. The number of imidazole rings is 1. The molecule has 1 aromatic rings. The van der Waals surface area contributed by atoms with Crippen molar-refractivity contribution in [1.29, 1.82) is 0 Å². The largest absolute Gasteiger partial charge is 0.347 e. The number of hydrogen-bond acceptors (Lipinski definition) is 7. The number of amides is 5. The second-order valence-electron chi connectivity index (χ2n) is 15.6. The zero-order valence-electron chi connectivity index (χ0n) is 29.4. The maximum Gasteiger partial charge on any atom is 0.289 e. The molecule has 4 fully saturated rings. The van der Waals surface area contributed by atoms with Crippen molar-refractivity contribution in [1.82, 2.24) is 36.1 Å². The number of alkyl halides is 2. The van der Waals surface area contributed by atoms with E-state index in [9.17, 15) is 28.8 Å². The Hall–Kier alpha value is -3.91. The third kappa shape index (κ3) is 8.34. The first kappa shape index (κ1) is 37.3. The monoisotopic (exact) mass is 703 g/mol. The van der Waals surface area contributed by atoms with Gasteiger partial charge in [-0.05, 0) is 55.8 Å². The molecule has 15 heteroatoms. The Morgan fingerprint density at radius 1 is 1.00 bits per heavy atom. The highest BCUT2D eigenvalue weighted by molar-refractivity contribution is 6.38. The normalized spacial score (nSPS) is 25.2. The summed E-state index contributed by atoms with van der Waals surface area (Å²) < 4.78 is 30.4. The number of nitrogens with zero attached hydrogens (tertiary/aromatic N) is 2. The first-order chi connectivity index (χ1) is 23.6. The number of nitrogens with one attached hydrogen (secondary N) is 5. The smallest absolute Gasteiger partial charge is 0.289 e. The number of hydrogen-bond donors (Lipinski definition) is 5. The second-order valence-corrected chi connectivity index (χ2v) is 15.6. The Morgan fingerprint density at radius 3 is 2.30 bits per heavy atom. The lowest BCUT2D eigenvalue weighted by Gasteiger charge is -2.38. The van der Waals surface area contributed by atoms with Crippen molar-refractivity contribution in [3.05, 3.63) is 18.2 Å². The van der Waals surface area contributed by atoms with Crippen LogP contribution in [0.4, 0.5) is 8.78 Å². The number of carbonyl (C=O) groups excluding carboxylic acids is 6. The highest BCUT2D eigenvalue weighted by Gasteiger charge is 2.61.